The van der Waals surface area contributed by atoms with Crippen LogP contribution in [0.25, 0.3) is 0 Å². The molecular weight excluding hydrogens is 48.0 g/mol. The minimum Gasteiger partial charge on any atom is -0.0776 e. The third-order valence-corrected chi connectivity index (χ3v) is 0. The van der Waals surface area contributed by atoms with Crippen molar-refractivity contribution in [1.82, 2.24) is 0 Å². The maximum Gasteiger partial charge on any atom is 0 e. The first-order chi connectivity index (χ1) is 0. The predicted octanol–water partition coefficient (Wildman–Crippen LogP) is 2.79. The van der Waals surface area contributed by atoms with E-state index in [1.54, 1.807) is 0 Å². The van der Waals surface area contributed by atoms with Crippen LogP contribution in [0.4, 0.5) is 0 Å². The predicted molar refractivity (Wildman–Crippen MR) is 29.0 cm³/mol. The molecule has 0 spiro atoms. The lowest BCUT2D eigenvalue weighted by Crippen LogP contribution is 0.143. The van der Waals surface area contributed by atoms with E-state index in [0.717, 1.165) is 0 Å². The van der Waals surface area contributed by atoms with Crippen LogP contribution in [0.2, 0.25) is 0 Å². The Bertz CT molecular complexity index is 3.61. The van der Waals surface area contributed by atoms with Crippen molar-refractivity contribution in [3.8, 4) is 0 Å². The maximum atomic E-state index is 0. The fourth-order valence-corrected chi connectivity index (χ4v) is 0. The molecule has 0 aromatic rings. The van der Waals surface area contributed by atoms with E-state index in [4.69, 9.17) is 0 Å². The minimum atomic E-state index is 0. The van der Waals surface area contributed by atoms with Gasteiger partial charge in [-0.15, -0.1) is 0 Å². The van der Waals surface area contributed by atoms with Gasteiger partial charge in [-0.2, -0.15) is 0 Å². The van der Waals surface area contributed by atoms with Crippen LogP contribution < -0.4 is 0 Å². The Hall–Kier alpha value is 0. The van der Waals surface area contributed by atoms with Crippen molar-refractivity contribution in [2.24, 2.45) is 0 Å². The summed E-state index contributed by atoms with van der Waals surface area (Å²) in [6, 6.07) is 0. The zero-order chi connectivity index (χ0) is 0. The average Bonchev–Trinajstić information content (AvgIpc) is 0. The van der Waals surface area contributed by atoms with Gasteiger partial charge in [-0.25, -0.2) is 0 Å². The smallest absolute Gasteiger partial charge is 0 e. The van der Waals surface area contributed by atoms with Gasteiger partial charge in [0.2, 0.25) is 0 Å². The number of rotatable bonds is 0. The quantitative estimate of drug-likeness (QED) is 0.409. The van der Waals surface area contributed by atoms with Crippen LogP contribution in [0.15, 0.2) is 0 Å². The van der Waals surface area contributed by atoms with Crippen LogP contribution in [-0.4, -0.2) is 0 Å². The second-order valence-electron chi connectivity index (χ2n) is 0. The molecule has 34 valence electrons. The second kappa shape index (κ2) is 0. The molecule has 0 radical (unpaired) electrons. The molecule has 0 rings (SSSR count). The molecule has 4 heavy (non-hydrogen) atoms. The standard InChI is InChI=1S/4CH4.H2/h4*1H4;1H/i;;;;1+2. The highest BCUT2D eigenvalue weighted by Crippen LogP contribution is 0.147. The second-order valence-corrected chi connectivity index (χ2v) is 0. The Kier molecular flexibility index (Phi) is 0. The van der Waals surface area contributed by atoms with E-state index in [2.05, 4.69) is 0 Å². The molecule has 0 heterocycles. The van der Waals surface area contributed by atoms with Gasteiger partial charge >= 0.3 is 0 Å². The van der Waals surface area contributed by atoms with E-state index in [1.807, 2.05) is 0 Å². The van der Waals surface area contributed by atoms with E-state index >= 15 is 0 Å². The minimum absolute atomic E-state index is 0. The molecule has 0 aromatic heterocycles. The van der Waals surface area contributed by atoms with Gasteiger partial charge in [0, 0.05) is 1.43 Å². The van der Waals surface area contributed by atoms with E-state index in [-0.39, 0.29) is 31.1 Å². The Balaban J connectivity index is 0. The summed E-state index contributed by atoms with van der Waals surface area (Å²) in [5, 5.41) is 0. The van der Waals surface area contributed by atoms with Gasteiger partial charge < -0.3 is 0 Å². The van der Waals surface area contributed by atoms with Gasteiger partial charge in [0.25, 0.3) is 0 Å². The lowest BCUT2D eigenvalue weighted by atomic mass is 12.0. The lowest BCUT2D eigenvalue weighted by Gasteiger charge is -0.0786. The maximum absolute atomic E-state index is 0. The molecular formula is C4H18. The van der Waals surface area contributed by atoms with Crippen molar-refractivity contribution in [2.75, 3.05) is 0 Å². The monoisotopic (exact) mass is 68.1 g/mol. The highest BCUT2D eigenvalue weighted by molar-refractivity contribution is 2.51. The molecule has 0 atom stereocenters. The third-order valence-electron chi connectivity index (χ3n) is 0. The first kappa shape index (κ1) is 0. The van der Waals surface area contributed by atoms with Crippen molar-refractivity contribution in [3.63, 3.8) is 0 Å². The Morgan fingerprint density at radius 3 is 0.500 bits per heavy atom. The van der Waals surface area contributed by atoms with Crippen molar-refractivity contribution in [3.05, 3.63) is 0 Å². The Morgan fingerprint density at radius 2 is 0.500 bits per heavy atom. The van der Waals surface area contributed by atoms with Crippen LogP contribution in [0, 0.1) is 0 Å². The summed E-state index contributed by atoms with van der Waals surface area (Å²) >= 11 is 0. The molecule has 0 fully saturated rings. The topological polar surface area (TPSA) is 0 Å². The van der Waals surface area contributed by atoms with E-state index in [1.165, 1.54) is 0 Å². The van der Waals surface area contributed by atoms with E-state index < -0.39 is 0 Å². The fraction of sp³-hybridized carbons (Fsp3) is 1.00. The molecule has 0 aromatic carbocycles. The molecule has 0 bridgehead atoms. The summed E-state index contributed by atoms with van der Waals surface area (Å²) in [5.74, 6) is 0. The molecule has 0 unspecified atom stereocenters. The van der Waals surface area contributed by atoms with Gasteiger partial charge in [0.15, 0.2) is 0 Å². The van der Waals surface area contributed by atoms with Crippen molar-refractivity contribution < 1.29 is 1.43 Å². The largest absolute Gasteiger partial charge is 0.0776 e. The van der Waals surface area contributed by atoms with E-state index in [9.17, 15) is 0 Å². The average molecular weight is 68.2 g/mol. The van der Waals surface area contributed by atoms with Gasteiger partial charge in [-0.3, -0.25) is 0 Å². The number of hydrogen-bond acceptors (Lipinski definition) is 0. The summed E-state index contributed by atoms with van der Waals surface area (Å²) in [5.41, 5.74) is 0. The fourth-order valence-electron chi connectivity index (χ4n) is 0. The zero-order valence-corrected chi connectivity index (χ0v) is 0. The molecule has 0 nitrogen and oxygen atoms in total. The summed E-state index contributed by atoms with van der Waals surface area (Å²) in [7, 11) is 0. The first-order valence-corrected chi connectivity index (χ1v) is 0. The Labute approximate surface area is 32.3 Å². The van der Waals surface area contributed by atoms with Gasteiger partial charge in [0.1, 0.15) is 0 Å². The molecule has 0 aliphatic heterocycles. The van der Waals surface area contributed by atoms with Gasteiger partial charge in [0.05, 0.1) is 0 Å². The highest BCUT2D eigenvalue weighted by atomic mass is 12.0. The van der Waals surface area contributed by atoms with Crippen molar-refractivity contribution >= 4 is 0 Å². The summed E-state index contributed by atoms with van der Waals surface area (Å²) in [4.78, 5) is 0. The van der Waals surface area contributed by atoms with Gasteiger partial charge in [-0.1, -0.05) is 29.7 Å². The normalized spacial score (nSPS) is 0. The highest BCUT2D eigenvalue weighted by Gasteiger charge is -0.0746. The first-order valence-electron chi connectivity index (χ1n) is 0. The van der Waals surface area contributed by atoms with Crippen LogP contribution in [0.5, 0.6) is 0 Å². The van der Waals surface area contributed by atoms with Crippen LogP contribution >= 0.6 is 0 Å². The SMILES string of the molecule is C.C.C.C.[3HH]. The summed E-state index contributed by atoms with van der Waals surface area (Å²) < 4.78 is 0. The van der Waals surface area contributed by atoms with Crippen molar-refractivity contribution in [1.29, 1.82) is 0 Å². The molecule has 0 amide bonds. The Morgan fingerprint density at radius 1 is 0.500 bits per heavy atom. The summed E-state index contributed by atoms with van der Waals surface area (Å²) in [6.07, 6.45) is 0. The zero-order valence-electron chi connectivity index (χ0n) is 0. The van der Waals surface area contributed by atoms with Crippen LogP contribution in [-0.2, 0) is 0 Å². The van der Waals surface area contributed by atoms with Gasteiger partial charge in [-0.05, 0) is 0 Å². The van der Waals surface area contributed by atoms with E-state index in [0.29, 0.717) is 0 Å². The van der Waals surface area contributed by atoms with Crippen molar-refractivity contribution in [2.45, 2.75) is 29.7 Å². The number of hydrogen-bond donors (Lipinski definition) is 0. The van der Waals surface area contributed by atoms with Crippen LogP contribution in [0.1, 0.15) is 31.1 Å². The molecule has 0 aliphatic carbocycles. The molecule has 0 aliphatic rings. The molecule has 0 saturated carbocycles. The third kappa shape index (κ3) is 0. The molecule has 0 saturated heterocycles. The lowest BCUT2D eigenvalue weighted by molar-refractivity contribution is 2.50. The summed E-state index contributed by atoms with van der Waals surface area (Å²) in [6.45, 7) is 0. The van der Waals surface area contributed by atoms with Crippen LogP contribution in [0.3, 0.4) is 0 Å². The molecule has 0 heteroatoms. The molecule has 0 N–H and O–H groups in total.